The summed E-state index contributed by atoms with van der Waals surface area (Å²) < 4.78 is 0. The molecule has 2 amide bonds. The summed E-state index contributed by atoms with van der Waals surface area (Å²) in [6, 6.07) is 5.87. The molecule has 2 aliphatic rings. The molecule has 0 spiro atoms. The zero-order valence-corrected chi connectivity index (χ0v) is 11.2. The highest BCUT2D eigenvalue weighted by Crippen LogP contribution is 2.37. The standard InChI is InChI=1S/C16H17NO2/c1-10-7-11(2)9-12(8-10)17-15(18)13-5-3-4-6-14(13)16(17)19/h3-4,7-9,13-14H,5-6H2,1-2H3/t13-,14-/m0/s1. The zero-order chi connectivity index (χ0) is 13.6. The van der Waals surface area contributed by atoms with Crippen molar-refractivity contribution in [1.82, 2.24) is 0 Å². The molecule has 3 nitrogen and oxygen atoms in total. The Morgan fingerprint density at radius 2 is 1.37 bits per heavy atom. The van der Waals surface area contributed by atoms with Crippen molar-refractivity contribution in [2.24, 2.45) is 11.8 Å². The highest BCUT2D eigenvalue weighted by Gasteiger charge is 2.47. The number of carbonyl (C=O) groups is 2. The van der Waals surface area contributed by atoms with E-state index in [1.165, 1.54) is 4.90 Å². The fraction of sp³-hybridized carbons (Fsp3) is 0.375. The smallest absolute Gasteiger partial charge is 0.238 e. The molecule has 1 heterocycles. The maximum Gasteiger partial charge on any atom is 0.238 e. The number of aryl methyl sites for hydroxylation is 2. The molecule has 0 saturated carbocycles. The third-order valence-corrected chi connectivity index (χ3v) is 3.97. The molecule has 1 aliphatic carbocycles. The van der Waals surface area contributed by atoms with Crippen LogP contribution in [0.2, 0.25) is 0 Å². The topological polar surface area (TPSA) is 37.4 Å². The lowest BCUT2D eigenvalue weighted by Crippen LogP contribution is -2.31. The Hall–Kier alpha value is -1.90. The van der Waals surface area contributed by atoms with Crippen molar-refractivity contribution in [3.05, 3.63) is 41.5 Å². The van der Waals surface area contributed by atoms with Crippen LogP contribution in [0, 0.1) is 25.7 Å². The summed E-state index contributed by atoms with van der Waals surface area (Å²) in [7, 11) is 0. The molecular weight excluding hydrogens is 238 g/mol. The van der Waals surface area contributed by atoms with E-state index >= 15 is 0 Å². The Labute approximate surface area is 112 Å². The molecule has 0 unspecified atom stereocenters. The fourth-order valence-electron chi connectivity index (χ4n) is 3.13. The molecule has 0 aromatic heterocycles. The van der Waals surface area contributed by atoms with Gasteiger partial charge in [0.1, 0.15) is 0 Å². The molecule has 1 aromatic rings. The zero-order valence-electron chi connectivity index (χ0n) is 11.2. The highest BCUT2D eigenvalue weighted by atomic mass is 16.2. The van der Waals surface area contributed by atoms with Gasteiger partial charge in [-0.3, -0.25) is 14.5 Å². The minimum atomic E-state index is -0.154. The third-order valence-electron chi connectivity index (χ3n) is 3.97. The summed E-state index contributed by atoms with van der Waals surface area (Å²) in [6.07, 6.45) is 5.40. The van der Waals surface area contributed by atoms with E-state index in [0.29, 0.717) is 12.8 Å². The van der Waals surface area contributed by atoms with Crippen LogP contribution in [0.15, 0.2) is 30.4 Å². The molecule has 2 atom stereocenters. The van der Waals surface area contributed by atoms with Crippen molar-refractivity contribution in [3.8, 4) is 0 Å². The van der Waals surface area contributed by atoms with E-state index in [0.717, 1.165) is 16.8 Å². The fourth-order valence-corrected chi connectivity index (χ4v) is 3.13. The van der Waals surface area contributed by atoms with Crippen molar-refractivity contribution >= 4 is 17.5 Å². The van der Waals surface area contributed by atoms with Crippen LogP contribution in [0.25, 0.3) is 0 Å². The molecule has 98 valence electrons. The van der Waals surface area contributed by atoms with Crippen LogP contribution in [0.1, 0.15) is 24.0 Å². The van der Waals surface area contributed by atoms with E-state index < -0.39 is 0 Å². The number of hydrogen-bond acceptors (Lipinski definition) is 2. The molecule has 3 heteroatoms. The van der Waals surface area contributed by atoms with Crippen molar-refractivity contribution in [1.29, 1.82) is 0 Å². The summed E-state index contributed by atoms with van der Waals surface area (Å²) in [6.45, 7) is 3.96. The molecule has 1 aliphatic heterocycles. The van der Waals surface area contributed by atoms with Gasteiger partial charge in [0.25, 0.3) is 0 Å². The molecular formula is C16H17NO2. The Balaban J connectivity index is 2.01. The lowest BCUT2D eigenvalue weighted by Gasteiger charge is -2.16. The first-order valence-electron chi connectivity index (χ1n) is 6.69. The van der Waals surface area contributed by atoms with E-state index in [-0.39, 0.29) is 23.7 Å². The van der Waals surface area contributed by atoms with Gasteiger partial charge >= 0.3 is 0 Å². The monoisotopic (exact) mass is 255 g/mol. The van der Waals surface area contributed by atoms with Crippen molar-refractivity contribution < 1.29 is 9.59 Å². The summed E-state index contributed by atoms with van der Waals surface area (Å²) >= 11 is 0. The first kappa shape index (κ1) is 12.2. The molecule has 0 bridgehead atoms. The molecule has 0 N–H and O–H groups in total. The maximum absolute atomic E-state index is 12.4. The van der Waals surface area contributed by atoms with E-state index in [1.807, 2.05) is 44.2 Å². The summed E-state index contributed by atoms with van der Waals surface area (Å²) in [5, 5.41) is 0. The number of benzene rings is 1. The SMILES string of the molecule is Cc1cc(C)cc(N2C(=O)[C@H]3CC=CC[C@@H]3C2=O)c1. The Bertz CT molecular complexity index is 542. The van der Waals surface area contributed by atoms with Crippen molar-refractivity contribution in [2.45, 2.75) is 26.7 Å². The number of hydrogen-bond donors (Lipinski definition) is 0. The van der Waals surface area contributed by atoms with Gasteiger partial charge in [-0.25, -0.2) is 0 Å². The van der Waals surface area contributed by atoms with Crippen LogP contribution in [0.5, 0.6) is 0 Å². The number of amides is 2. The normalized spacial score (nSPS) is 25.9. The minimum absolute atomic E-state index is 0.0376. The Morgan fingerprint density at radius 3 is 1.84 bits per heavy atom. The Morgan fingerprint density at radius 1 is 0.895 bits per heavy atom. The van der Waals surface area contributed by atoms with Gasteiger partial charge in [0, 0.05) is 0 Å². The lowest BCUT2D eigenvalue weighted by molar-refractivity contribution is -0.122. The summed E-state index contributed by atoms with van der Waals surface area (Å²) in [5.41, 5.74) is 2.87. The van der Waals surface area contributed by atoms with Crippen LogP contribution in [0.3, 0.4) is 0 Å². The molecule has 1 aromatic carbocycles. The largest absolute Gasteiger partial charge is 0.274 e. The van der Waals surface area contributed by atoms with E-state index in [1.54, 1.807) is 0 Å². The van der Waals surface area contributed by atoms with Crippen LogP contribution < -0.4 is 4.90 Å². The van der Waals surface area contributed by atoms with Gasteiger partial charge in [0.15, 0.2) is 0 Å². The van der Waals surface area contributed by atoms with Gasteiger partial charge in [-0.2, -0.15) is 0 Å². The van der Waals surface area contributed by atoms with Crippen molar-refractivity contribution in [3.63, 3.8) is 0 Å². The van der Waals surface area contributed by atoms with E-state index in [2.05, 4.69) is 0 Å². The molecule has 0 radical (unpaired) electrons. The molecule has 1 fully saturated rings. The minimum Gasteiger partial charge on any atom is -0.274 e. The number of imide groups is 1. The molecule has 1 saturated heterocycles. The quantitative estimate of drug-likeness (QED) is 0.571. The number of nitrogens with zero attached hydrogens (tertiary/aromatic N) is 1. The summed E-state index contributed by atoms with van der Waals surface area (Å²) in [4.78, 5) is 26.3. The number of allylic oxidation sites excluding steroid dienone is 2. The lowest BCUT2D eigenvalue weighted by atomic mass is 9.85. The molecule has 19 heavy (non-hydrogen) atoms. The van der Waals surface area contributed by atoms with Crippen LogP contribution in [-0.2, 0) is 9.59 Å². The van der Waals surface area contributed by atoms with Gasteiger partial charge in [0.2, 0.25) is 11.8 Å². The second-order valence-electron chi connectivity index (χ2n) is 5.51. The second-order valence-corrected chi connectivity index (χ2v) is 5.51. The van der Waals surface area contributed by atoms with Gasteiger partial charge < -0.3 is 0 Å². The van der Waals surface area contributed by atoms with E-state index in [9.17, 15) is 9.59 Å². The first-order valence-corrected chi connectivity index (χ1v) is 6.69. The number of fused-ring (bicyclic) bond motifs is 1. The number of anilines is 1. The van der Waals surface area contributed by atoms with Gasteiger partial charge in [-0.05, 0) is 49.9 Å². The third kappa shape index (κ3) is 1.89. The summed E-state index contributed by atoms with van der Waals surface area (Å²) in [5.74, 6) is -0.384. The maximum atomic E-state index is 12.4. The van der Waals surface area contributed by atoms with Crippen molar-refractivity contribution in [2.75, 3.05) is 4.90 Å². The Kier molecular flexibility index (Phi) is 2.77. The number of carbonyl (C=O) groups excluding carboxylic acids is 2. The predicted molar refractivity (Wildman–Crippen MR) is 73.8 cm³/mol. The van der Waals surface area contributed by atoms with Crippen LogP contribution in [0.4, 0.5) is 5.69 Å². The second kappa shape index (κ2) is 4.34. The predicted octanol–water partition coefficient (Wildman–Crippen LogP) is 2.76. The highest BCUT2D eigenvalue weighted by molar-refractivity contribution is 6.22. The van der Waals surface area contributed by atoms with Gasteiger partial charge in [-0.1, -0.05) is 18.2 Å². The molecule has 3 rings (SSSR count). The first-order chi connectivity index (χ1) is 9.08. The van der Waals surface area contributed by atoms with Crippen LogP contribution >= 0.6 is 0 Å². The average molecular weight is 255 g/mol. The van der Waals surface area contributed by atoms with Crippen LogP contribution in [-0.4, -0.2) is 11.8 Å². The van der Waals surface area contributed by atoms with Gasteiger partial charge in [-0.15, -0.1) is 0 Å². The number of rotatable bonds is 1. The van der Waals surface area contributed by atoms with E-state index in [4.69, 9.17) is 0 Å². The van der Waals surface area contributed by atoms with Gasteiger partial charge in [0.05, 0.1) is 17.5 Å². The average Bonchev–Trinajstić information content (AvgIpc) is 2.61.